The highest BCUT2D eigenvalue weighted by Gasteiger charge is 2.20. The summed E-state index contributed by atoms with van der Waals surface area (Å²) in [6.07, 6.45) is 1.54. The number of carbonyl (C=O) groups is 1. The van der Waals surface area contributed by atoms with Crippen molar-refractivity contribution < 1.29 is 13.2 Å². The van der Waals surface area contributed by atoms with Crippen molar-refractivity contribution in [3.8, 4) is 0 Å². The van der Waals surface area contributed by atoms with E-state index in [1.54, 1.807) is 24.3 Å². The van der Waals surface area contributed by atoms with Crippen LogP contribution in [0.25, 0.3) is 0 Å². The molecule has 2 aromatic carbocycles. The van der Waals surface area contributed by atoms with Crippen molar-refractivity contribution >= 4 is 62.1 Å². The second-order valence-corrected chi connectivity index (χ2v) is 9.23. The van der Waals surface area contributed by atoms with E-state index in [1.165, 1.54) is 12.1 Å². The molecule has 0 spiro atoms. The summed E-state index contributed by atoms with van der Waals surface area (Å²) in [4.78, 5) is 12.2. The molecule has 146 valence electrons. The Morgan fingerprint density at radius 1 is 1.07 bits per heavy atom. The highest BCUT2D eigenvalue weighted by atomic mass is 35.5. The fourth-order valence-electron chi connectivity index (χ4n) is 2.51. The van der Waals surface area contributed by atoms with Crippen LogP contribution < -0.4 is 9.62 Å². The van der Waals surface area contributed by atoms with E-state index in [4.69, 9.17) is 34.8 Å². The van der Waals surface area contributed by atoms with Gasteiger partial charge in [-0.15, -0.1) is 0 Å². The van der Waals surface area contributed by atoms with Gasteiger partial charge in [0.2, 0.25) is 15.9 Å². The summed E-state index contributed by atoms with van der Waals surface area (Å²) in [7, 11) is -3.58. The molecule has 0 aliphatic rings. The van der Waals surface area contributed by atoms with Gasteiger partial charge >= 0.3 is 0 Å². The first-order chi connectivity index (χ1) is 12.6. The molecule has 0 atom stereocenters. The topological polar surface area (TPSA) is 66.5 Å². The van der Waals surface area contributed by atoms with Crippen LogP contribution in [-0.2, 0) is 14.8 Å². The minimum Gasteiger partial charge on any atom is -0.326 e. The Hall–Kier alpha value is -1.47. The molecule has 27 heavy (non-hydrogen) atoms. The zero-order chi connectivity index (χ0) is 20.2. The fourth-order valence-corrected chi connectivity index (χ4v) is 4.14. The van der Waals surface area contributed by atoms with Crippen molar-refractivity contribution in [1.82, 2.24) is 0 Å². The maximum atomic E-state index is 12.2. The zero-order valence-electron chi connectivity index (χ0n) is 14.8. The number of aryl methyl sites for hydroxylation is 1. The van der Waals surface area contributed by atoms with Gasteiger partial charge in [-0.05, 0) is 55.3 Å². The van der Waals surface area contributed by atoms with Crippen molar-refractivity contribution in [2.24, 2.45) is 0 Å². The molecule has 0 saturated carbocycles. The van der Waals surface area contributed by atoms with Gasteiger partial charge in [-0.2, -0.15) is 0 Å². The first-order valence-electron chi connectivity index (χ1n) is 8.06. The predicted molar refractivity (Wildman–Crippen MR) is 113 cm³/mol. The van der Waals surface area contributed by atoms with Crippen LogP contribution in [0.15, 0.2) is 36.4 Å². The molecule has 1 amide bonds. The number of rotatable bonds is 7. The Morgan fingerprint density at radius 2 is 1.70 bits per heavy atom. The summed E-state index contributed by atoms with van der Waals surface area (Å²) in [5.74, 6) is -0.217. The normalized spacial score (nSPS) is 11.3. The lowest BCUT2D eigenvalue weighted by molar-refractivity contribution is -0.116. The largest absolute Gasteiger partial charge is 0.326 e. The summed E-state index contributed by atoms with van der Waals surface area (Å²) in [6, 6.07) is 9.77. The van der Waals surface area contributed by atoms with Crippen molar-refractivity contribution in [1.29, 1.82) is 0 Å². The third-order valence-corrected chi connectivity index (χ3v) is 5.77. The average Bonchev–Trinajstić information content (AvgIpc) is 2.56. The Balaban J connectivity index is 2.03. The van der Waals surface area contributed by atoms with Crippen LogP contribution in [0.3, 0.4) is 0 Å². The molecule has 0 unspecified atom stereocenters. The third-order valence-electron chi connectivity index (χ3n) is 3.80. The monoisotopic (exact) mass is 448 g/mol. The lowest BCUT2D eigenvalue weighted by atomic mass is 10.2. The number of halogens is 3. The van der Waals surface area contributed by atoms with Gasteiger partial charge in [-0.1, -0.05) is 34.8 Å². The Morgan fingerprint density at radius 3 is 2.33 bits per heavy atom. The first-order valence-corrected chi connectivity index (χ1v) is 11.0. The number of amides is 1. The predicted octanol–water partition coefficient (Wildman–Crippen LogP) is 5.14. The molecule has 1 N–H and O–H groups in total. The quantitative estimate of drug-likeness (QED) is 0.636. The molecule has 0 aromatic heterocycles. The van der Waals surface area contributed by atoms with E-state index in [0.717, 1.165) is 16.1 Å². The minimum atomic E-state index is -3.58. The summed E-state index contributed by atoms with van der Waals surface area (Å²) in [5.41, 5.74) is 1.81. The van der Waals surface area contributed by atoms with Crippen molar-refractivity contribution in [2.45, 2.75) is 19.8 Å². The summed E-state index contributed by atoms with van der Waals surface area (Å²) in [5, 5.41) is 4.03. The van der Waals surface area contributed by atoms with Crippen molar-refractivity contribution in [3.05, 3.63) is 57.0 Å². The van der Waals surface area contributed by atoms with Gasteiger partial charge in [0.1, 0.15) is 0 Å². The van der Waals surface area contributed by atoms with E-state index in [-0.39, 0.29) is 23.9 Å². The average molecular weight is 450 g/mol. The first kappa shape index (κ1) is 21.8. The molecular formula is C18H19Cl3N2O3S. The highest BCUT2D eigenvalue weighted by molar-refractivity contribution is 7.92. The molecule has 0 radical (unpaired) electrons. The van der Waals surface area contributed by atoms with Crippen LogP contribution in [0.5, 0.6) is 0 Å². The zero-order valence-corrected chi connectivity index (χ0v) is 17.9. The molecule has 0 fully saturated rings. The molecule has 0 aliphatic carbocycles. The smallest absolute Gasteiger partial charge is 0.232 e. The van der Waals surface area contributed by atoms with Gasteiger partial charge in [0.05, 0.1) is 17.0 Å². The van der Waals surface area contributed by atoms with Gasteiger partial charge in [0.25, 0.3) is 0 Å². The molecule has 9 heteroatoms. The van der Waals surface area contributed by atoms with Crippen LogP contribution in [0.1, 0.15) is 18.4 Å². The van der Waals surface area contributed by atoms with Crippen molar-refractivity contribution in [3.63, 3.8) is 0 Å². The molecule has 2 rings (SSSR count). The van der Waals surface area contributed by atoms with Crippen LogP contribution in [0.2, 0.25) is 15.1 Å². The SMILES string of the molecule is Cc1cc(Cl)ccc1NC(=O)CCCN(c1cc(Cl)ccc1Cl)S(C)(=O)=O. The molecule has 2 aromatic rings. The van der Waals surface area contributed by atoms with Gasteiger partial charge in [-0.3, -0.25) is 9.10 Å². The molecule has 5 nitrogen and oxygen atoms in total. The Kier molecular flexibility index (Phi) is 7.40. The molecule has 0 aliphatic heterocycles. The summed E-state index contributed by atoms with van der Waals surface area (Å²) in [6.45, 7) is 1.94. The van der Waals surface area contributed by atoms with Gasteiger partial charge in [-0.25, -0.2) is 8.42 Å². The second-order valence-electron chi connectivity index (χ2n) is 6.04. The third kappa shape index (κ3) is 6.28. The second kappa shape index (κ2) is 9.15. The Bertz CT molecular complexity index is 949. The fraction of sp³-hybridized carbons (Fsp3) is 0.278. The van der Waals surface area contributed by atoms with E-state index in [1.807, 2.05) is 6.92 Å². The van der Waals surface area contributed by atoms with E-state index >= 15 is 0 Å². The molecule has 0 bridgehead atoms. The van der Waals surface area contributed by atoms with E-state index in [0.29, 0.717) is 27.8 Å². The lowest BCUT2D eigenvalue weighted by Gasteiger charge is -2.23. The van der Waals surface area contributed by atoms with Crippen LogP contribution in [0, 0.1) is 6.92 Å². The van der Waals surface area contributed by atoms with E-state index < -0.39 is 10.0 Å². The molecular weight excluding hydrogens is 431 g/mol. The van der Waals surface area contributed by atoms with E-state index in [9.17, 15) is 13.2 Å². The molecule has 0 saturated heterocycles. The number of hydrogen-bond donors (Lipinski definition) is 1. The number of nitrogens with one attached hydrogen (secondary N) is 1. The van der Waals surface area contributed by atoms with Crippen LogP contribution >= 0.6 is 34.8 Å². The Labute approximate surface area is 174 Å². The number of anilines is 2. The van der Waals surface area contributed by atoms with Crippen LogP contribution in [-0.4, -0.2) is 27.1 Å². The van der Waals surface area contributed by atoms with Gasteiger partial charge in [0, 0.05) is 28.7 Å². The van der Waals surface area contributed by atoms with Gasteiger partial charge in [0.15, 0.2) is 0 Å². The number of carbonyl (C=O) groups excluding carboxylic acids is 1. The summed E-state index contributed by atoms with van der Waals surface area (Å²) < 4.78 is 25.5. The van der Waals surface area contributed by atoms with Gasteiger partial charge < -0.3 is 5.32 Å². The maximum absolute atomic E-state index is 12.2. The highest BCUT2D eigenvalue weighted by Crippen LogP contribution is 2.31. The standard InChI is InChI=1S/C18H19Cl3N2O3S/c1-12-10-13(19)6-8-16(12)22-18(24)4-3-9-23(27(2,25)26)17-11-14(20)5-7-15(17)21/h5-8,10-11H,3-4,9H2,1-2H3,(H,22,24). The van der Waals surface area contributed by atoms with E-state index in [2.05, 4.69) is 5.32 Å². The number of benzene rings is 2. The minimum absolute atomic E-state index is 0.103. The molecule has 0 heterocycles. The number of sulfonamides is 1. The number of hydrogen-bond acceptors (Lipinski definition) is 3. The number of nitrogens with zero attached hydrogens (tertiary/aromatic N) is 1. The maximum Gasteiger partial charge on any atom is 0.232 e. The summed E-state index contributed by atoms with van der Waals surface area (Å²) >= 11 is 18.0. The lowest BCUT2D eigenvalue weighted by Crippen LogP contribution is -2.31. The van der Waals surface area contributed by atoms with Crippen molar-refractivity contribution in [2.75, 3.05) is 22.4 Å². The van der Waals surface area contributed by atoms with Crippen LogP contribution in [0.4, 0.5) is 11.4 Å².